The number of methoxy groups -OCH3 is 1. The summed E-state index contributed by atoms with van der Waals surface area (Å²) in [5.74, 6) is 1.88. The van der Waals surface area contributed by atoms with Gasteiger partial charge in [-0.15, -0.1) is 0 Å². The van der Waals surface area contributed by atoms with Gasteiger partial charge in [0.05, 0.1) is 26.8 Å². The molecule has 1 aliphatic rings. The molecule has 0 spiro atoms. The minimum atomic E-state index is -0.0170. The van der Waals surface area contributed by atoms with Crippen LogP contribution in [0.2, 0.25) is 0 Å². The number of piperidine rings is 1. The molecule has 1 fully saturated rings. The number of amides is 1. The molecule has 1 aromatic carbocycles. The van der Waals surface area contributed by atoms with E-state index in [1.54, 1.807) is 13.2 Å². The van der Waals surface area contributed by atoms with Crippen molar-refractivity contribution in [2.75, 3.05) is 33.4 Å². The molecule has 0 saturated carbocycles. The third-order valence-corrected chi connectivity index (χ3v) is 5.23. The Morgan fingerprint density at radius 2 is 2.20 bits per heavy atom. The van der Waals surface area contributed by atoms with Crippen LogP contribution in [0.25, 0.3) is 0 Å². The van der Waals surface area contributed by atoms with E-state index in [4.69, 9.17) is 9.84 Å². The maximum atomic E-state index is 11.9. The number of aromatic hydroxyl groups is 1. The second-order valence-corrected chi connectivity index (χ2v) is 6.87. The fourth-order valence-corrected chi connectivity index (χ4v) is 3.77. The number of aliphatic hydroxyl groups is 1. The van der Waals surface area contributed by atoms with E-state index in [1.807, 2.05) is 12.1 Å². The zero-order valence-corrected chi connectivity index (χ0v) is 15.3. The van der Waals surface area contributed by atoms with Gasteiger partial charge in [0.15, 0.2) is 0 Å². The predicted octanol–water partition coefficient (Wildman–Crippen LogP) is 0.330. The van der Waals surface area contributed by atoms with Gasteiger partial charge in [0.25, 0.3) is 0 Å². The molecule has 1 saturated heterocycles. The highest BCUT2D eigenvalue weighted by molar-refractivity contribution is 5.76. The Balaban J connectivity index is 1.91. The van der Waals surface area contributed by atoms with Gasteiger partial charge in [0, 0.05) is 36.9 Å². The molecule has 0 radical (unpaired) electrons. The Labute approximate surface area is 149 Å². The summed E-state index contributed by atoms with van der Waals surface area (Å²) in [4.78, 5) is 13.4. The topological polar surface area (TPSA) is 83.2 Å². The molecule has 1 heterocycles. The number of quaternary nitrogens is 1. The Morgan fingerprint density at radius 1 is 1.40 bits per heavy atom. The van der Waals surface area contributed by atoms with E-state index in [1.165, 1.54) is 4.90 Å². The van der Waals surface area contributed by atoms with Gasteiger partial charge in [-0.25, -0.2) is 0 Å². The zero-order valence-electron chi connectivity index (χ0n) is 15.3. The number of rotatable bonds is 8. The van der Waals surface area contributed by atoms with E-state index in [0.717, 1.165) is 38.0 Å². The van der Waals surface area contributed by atoms with Gasteiger partial charge in [-0.2, -0.15) is 0 Å². The molecule has 1 unspecified atom stereocenters. The van der Waals surface area contributed by atoms with Gasteiger partial charge in [0.1, 0.15) is 18.0 Å². The van der Waals surface area contributed by atoms with Crippen molar-refractivity contribution < 1.29 is 24.6 Å². The number of benzene rings is 1. The van der Waals surface area contributed by atoms with E-state index in [-0.39, 0.29) is 18.3 Å². The van der Waals surface area contributed by atoms with E-state index >= 15 is 0 Å². The highest BCUT2D eigenvalue weighted by Gasteiger charge is 2.32. The van der Waals surface area contributed by atoms with Gasteiger partial charge in [0.2, 0.25) is 5.91 Å². The minimum absolute atomic E-state index is 0.0170. The van der Waals surface area contributed by atoms with Crippen LogP contribution in [0.5, 0.6) is 11.5 Å². The summed E-state index contributed by atoms with van der Waals surface area (Å²) in [6.07, 6.45) is 2.60. The van der Waals surface area contributed by atoms with Crippen molar-refractivity contribution in [1.82, 2.24) is 5.32 Å². The fourth-order valence-electron chi connectivity index (χ4n) is 3.77. The second-order valence-electron chi connectivity index (χ2n) is 6.87. The molecule has 0 aliphatic carbocycles. The SMILES string of the molecule is CC[C@H]1C[NH+](Cc2ccc(OC)cc2O)CC[C@H]1CC(=O)NCCO. The molecule has 3 atom stereocenters. The predicted molar refractivity (Wildman–Crippen MR) is 95.7 cm³/mol. The monoisotopic (exact) mass is 351 g/mol. The Kier molecular flexibility index (Phi) is 7.52. The molecule has 4 N–H and O–H groups in total. The van der Waals surface area contributed by atoms with Crippen LogP contribution in [-0.2, 0) is 11.3 Å². The first kappa shape index (κ1) is 19.5. The van der Waals surface area contributed by atoms with Gasteiger partial charge in [-0.3, -0.25) is 4.79 Å². The summed E-state index contributed by atoms with van der Waals surface area (Å²) in [7, 11) is 1.59. The van der Waals surface area contributed by atoms with E-state index in [2.05, 4.69) is 12.2 Å². The molecule has 1 aliphatic heterocycles. The van der Waals surface area contributed by atoms with E-state index < -0.39 is 0 Å². The Morgan fingerprint density at radius 3 is 2.84 bits per heavy atom. The highest BCUT2D eigenvalue weighted by Crippen LogP contribution is 2.25. The number of carbonyl (C=O) groups excluding carboxylic acids is 1. The van der Waals surface area contributed by atoms with Crippen molar-refractivity contribution in [2.24, 2.45) is 11.8 Å². The number of phenols is 1. The molecule has 0 bridgehead atoms. The smallest absolute Gasteiger partial charge is 0.220 e. The first-order chi connectivity index (χ1) is 12.1. The normalized spacial score (nSPS) is 23.2. The maximum absolute atomic E-state index is 11.9. The standard InChI is InChI=1S/C19H30N2O4/c1-3-14-12-21(8-6-15(14)10-19(24)20-7-9-22)13-16-4-5-17(25-2)11-18(16)23/h4-5,11,14-15,22-23H,3,6-10,12-13H2,1-2H3,(H,20,24)/p+1/t14-,15-/m0/s1. The summed E-state index contributed by atoms with van der Waals surface area (Å²) in [6.45, 7) is 5.29. The molecule has 6 heteroatoms. The van der Waals surface area contributed by atoms with Gasteiger partial charge in [-0.05, 0) is 24.5 Å². The lowest BCUT2D eigenvalue weighted by Crippen LogP contribution is -3.12. The van der Waals surface area contributed by atoms with Crippen molar-refractivity contribution in [1.29, 1.82) is 0 Å². The third kappa shape index (κ3) is 5.61. The quantitative estimate of drug-likeness (QED) is 0.544. The molecular weight excluding hydrogens is 320 g/mol. The van der Waals surface area contributed by atoms with Gasteiger partial charge >= 0.3 is 0 Å². The van der Waals surface area contributed by atoms with Crippen LogP contribution < -0.4 is 15.0 Å². The minimum Gasteiger partial charge on any atom is -0.507 e. The number of aliphatic hydroxyl groups excluding tert-OH is 1. The molecule has 6 nitrogen and oxygen atoms in total. The summed E-state index contributed by atoms with van der Waals surface area (Å²) >= 11 is 0. The van der Waals surface area contributed by atoms with Crippen LogP contribution in [0.15, 0.2) is 18.2 Å². The molecule has 1 amide bonds. The molecule has 1 aromatic rings. The van der Waals surface area contributed by atoms with Crippen LogP contribution in [0.1, 0.15) is 31.7 Å². The number of carbonyl (C=O) groups is 1. The molecule has 25 heavy (non-hydrogen) atoms. The summed E-state index contributed by atoms with van der Waals surface area (Å²) < 4.78 is 5.13. The number of likely N-dealkylation sites (tertiary alicyclic amines) is 1. The van der Waals surface area contributed by atoms with E-state index in [0.29, 0.717) is 30.6 Å². The highest BCUT2D eigenvalue weighted by atomic mass is 16.5. The summed E-state index contributed by atoms with van der Waals surface area (Å²) in [6, 6.07) is 5.46. The number of ether oxygens (including phenoxy) is 1. The van der Waals surface area contributed by atoms with Crippen molar-refractivity contribution in [3.8, 4) is 11.5 Å². The molecule has 0 aromatic heterocycles. The Bertz CT molecular complexity index is 564. The van der Waals surface area contributed by atoms with Crippen LogP contribution in [-0.4, -0.2) is 49.5 Å². The average Bonchev–Trinajstić information content (AvgIpc) is 2.62. The number of hydrogen-bond acceptors (Lipinski definition) is 4. The van der Waals surface area contributed by atoms with Crippen LogP contribution >= 0.6 is 0 Å². The molecule has 140 valence electrons. The molecule has 2 rings (SSSR count). The lowest BCUT2D eigenvalue weighted by molar-refractivity contribution is -0.923. The maximum Gasteiger partial charge on any atom is 0.220 e. The van der Waals surface area contributed by atoms with Gasteiger partial charge in [-0.1, -0.05) is 6.92 Å². The van der Waals surface area contributed by atoms with Crippen LogP contribution in [0.3, 0.4) is 0 Å². The average molecular weight is 351 g/mol. The first-order valence-corrected chi connectivity index (χ1v) is 9.14. The first-order valence-electron chi connectivity index (χ1n) is 9.14. The lowest BCUT2D eigenvalue weighted by atomic mass is 9.81. The summed E-state index contributed by atoms with van der Waals surface area (Å²) in [5.41, 5.74) is 0.935. The lowest BCUT2D eigenvalue weighted by Gasteiger charge is -2.35. The van der Waals surface area contributed by atoms with Crippen molar-refractivity contribution >= 4 is 5.91 Å². The third-order valence-electron chi connectivity index (χ3n) is 5.23. The Hall–Kier alpha value is -1.79. The van der Waals surface area contributed by atoms with Crippen molar-refractivity contribution in [3.05, 3.63) is 23.8 Å². The van der Waals surface area contributed by atoms with Gasteiger partial charge < -0.3 is 25.2 Å². The number of hydrogen-bond donors (Lipinski definition) is 4. The number of phenolic OH excluding ortho intramolecular Hbond substituents is 1. The second kappa shape index (κ2) is 9.63. The zero-order chi connectivity index (χ0) is 18.2. The van der Waals surface area contributed by atoms with E-state index in [9.17, 15) is 9.90 Å². The largest absolute Gasteiger partial charge is 0.507 e. The fraction of sp³-hybridized carbons (Fsp3) is 0.632. The summed E-state index contributed by atoms with van der Waals surface area (Å²) in [5, 5.41) is 21.7. The van der Waals surface area contributed by atoms with Crippen LogP contribution in [0.4, 0.5) is 0 Å². The van der Waals surface area contributed by atoms with Crippen molar-refractivity contribution in [2.45, 2.75) is 32.7 Å². The molecular formula is C19H31N2O4+. The number of nitrogens with one attached hydrogen (secondary N) is 2. The van der Waals surface area contributed by atoms with Crippen LogP contribution in [0, 0.1) is 11.8 Å². The van der Waals surface area contributed by atoms with Crippen molar-refractivity contribution in [3.63, 3.8) is 0 Å².